The third-order valence-corrected chi connectivity index (χ3v) is 3.60. The van der Waals surface area contributed by atoms with Gasteiger partial charge in [0, 0.05) is 26.2 Å². The number of ether oxygens (including phenoxy) is 1. The third-order valence-electron chi connectivity index (χ3n) is 3.60. The average molecular weight is 263 g/mol. The van der Waals surface area contributed by atoms with E-state index in [4.69, 9.17) is 4.74 Å². The SMILES string of the molecule is CCOc1ccc(C(NC)N2CCNCC2)cc1C. The van der Waals surface area contributed by atoms with Crippen LogP contribution in [0.1, 0.15) is 24.2 Å². The minimum absolute atomic E-state index is 0.288. The number of nitrogens with zero attached hydrogens (tertiary/aromatic N) is 1. The van der Waals surface area contributed by atoms with Crippen molar-refractivity contribution in [2.75, 3.05) is 39.8 Å². The van der Waals surface area contributed by atoms with E-state index in [1.54, 1.807) is 0 Å². The molecule has 1 aromatic carbocycles. The van der Waals surface area contributed by atoms with Crippen LogP contribution in [0, 0.1) is 6.92 Å². The number of hydrogen-bond acceptors (Lipinski definition) is 4. The fourth-order valence-electron chi connectivity index (χ4n) is 2.66. The molecule has 1 saturated heterocycles. The van der Waals surface area contributed by atoms with Crippen LogP contribution < -0.4 is 15.4 Å². The van der Waals surface area contributed by atoms with E-state index >= 15 is 0 Å². The van der Waals surface area contributed by atoms with Crippen LogP contribution in [0.4, 0.5) is 0 Å². The molecule has 0 bridgehead atoms. The van der Waals surface area contributed by atoms with Gasteiger partial charge in [-0.15, -0.1) is 0 Å². The monoisotopic (exact) mass is 263 g/mol. The highest BCUT2D eigenvalue weighted by Gasteiger charge is 2.20. The molecule has 4 heteroatoms. The molecule has 1 fully saturated rings. The molecule has 0 radical (unpaired) electrons. The van der Waals surface area contributed by atoms with Crippen LogP contribution in [0.2, 0.25) is 0 Å². The van der Waals surface area contributed by atoms with Crippen molar-refractivity contribution < 1.29 is 4.74 Å². The standard InChI is InChI=1S/C15H25N3O/c1-4-19-14-6-5-13(11-12(14)2)15(16-3)18-9-7-17-8-10-18/h5-6,11,15-17H,4,7-10H2,1-3H3. The molecule has 2 rings (SSSR count). The lowest BCUT2D eigenvalue weighted by Gasteiger charge is -2.35. The second-order valence-corrected chi connectivity index (χ2v) is 4.94. The van der Waals surface area contributed by atoms with Crippen LogP contribution in [0.5, 0.6) is 5.75 Å². The minimum Gasteiger partial charge on any atom is -0.494 e. The van der Waals surface area contributed by atoms with E-state index in [0.717, 1.165) is 31.9 Å². The Bertz CT molecular complexity index is 402. The van der Waals surface area contributed by atoms with Crippen molar-refractivity contribution >= 4 is 0 Å². The molecule has 0 amide bonds. The topological polar surface area (TPSA) is 36.5 Å². The number of piperazine rings is 1. The Morgan fingerprint density at radius 2 is 2.11 bits per heavy atom. The lowest BCUT2D eigenvalue weighted by Crippen LogP contribution is -2.48. The Labute approximate surface area is 116 Å². The first-order chi connectivity index (χ1) is 9.26. The van der Waals surface area contributed by atoms with Crippen LogP contribution in [-0.2, 0) is 0 Å². The Morgan fingerprint density at radius 3 is 2.68 bits per heavy atom. The van der Waals surface area contributed by atoms with E-state index in [1.165, 1.54) is 11.1 Å². The van der Waals surface area contributed by atoms with E-state index < -0.39 is 0 Å². The molecule has 0 aliphatic carbocycles. The molecule has 0 aromatic heterocycles. The molecule has 19 heavy (non-hydrogen) atoms. The summed E-state index contributed by atoms with van der Waals surface area (Å²) in [7, 11) is 2.03. The zero-order chi connectivity index (χ0) is 13.7. The Morgan fingerprint density at radius 1 is 1.37 bits per heavy atom. The summed E-state index contributed by atoms with van der Waals surface area (Å²) >= 11 is 0. The number of rotatable bonds is 5. The van der Waals surface area contributed by atoms with E-state index in [2.05, 4.69) is 40.7 Å². The zero-order valence-corrected chi connectivity index (χ0v) is 12.2. The number of nitrogens with one attached hydrogen (secondary N) is 2. The summed E-state index contributed by atoms with van der Waals surface area (Å²) in [5, 5.41) is 6.82. The maximum absolute atomic E-state index is 5.61. The largest absolute Gasteiger partial charge is 0.494 e. The molecule has 0 spiro atoms. The summed E-state index contributed by atoms with van der Waals surface area (Å²) in [4.78, 5) is 2.48. The van der Waals surface area contributed by atoms with Crippen molar-refractivity contribution in [1.29, 1.82) is 0 Å². The van der Waals surface area contributed by atoms with Gasteiger partial charge in [0.05, 0.1) is 12.8 Å². The molecule has 1 aliphatic heterocycles. The molecule has 1 aliphatic rings. The quantitative estimate of drug-likeness (QED) is 0.844. The van der Waals surface area contributed by atoms with Gasteiger partial charge in [0.2, 0.25) is 0 Å². The van der Waals surface area contributed by atoms with Gasteiger partial charge in [-0.25, -0.2) is 0 Å². The molecule has 1 aromatic rings. The van der Waals surface area contributed by atoms with Crippen molar-refractivity contribution in [2.45, 2.75) is 20.0 Å². The van der Waals surface area contributed by atoms with Gasteiger partial charge in [0.1, 0.15) is 5.75 Å². The molecular formula is C15H25N3O. The van der Waals surface area contributed by atoms with Gasteiger partial charge in [-0.05, 0) is 44.2 Å². The van der Waals surface area contributed by atoms with Crippen LogP contribution in [0.25, 0.3) is 0 Å². The van der Waals surface area contributed by atoms with Crippen LogP contribution in [-0.4, -0.2) is 44.7 Å². The fraction of sp³-hybridized carbons (Fsp3) is 0.600. The fourth-order valence-corrected chi connectivity index (χ4v) is 2.66. The first kappa shape index (κ1) is 14.3. The normalized spacial score (nSPS) is 18.3. The van der Waals surface area contributed by atoms with Gasteiger partial charge < -0.3 is 15.4 Å². The number of hydrogen-bond donors (Lipinski definition) is 2. The molecule has 106 valence electrons. The van der Waals surface area contributed by atoms with E-state index in [1.807, 2.05) is 14.0 Å². The molecule has 1 heterocycles. The zero-order valence-electron chi connectivity index (χ0n) is 12.2. The molecule has 4 nitrogen and oxygen atoms in total. The molecule has 1 atom stereocenters. The van der Waals surface area contributed by atoms with Crippen molar-refractivity contribution in [3.63, 3.8) is 0 Å². The van der Waals surface area contributed by atoms with Crippen molar-refractivity contribution in [1.82, 2.24) is 15.5 Å². The Kier molecular flexibility index (Phi) is 5.19. The Hall–Kier alpha value is -1.10. The second kappa shape index (κ2) is 6.89. The third kappa shape index (κ3) is 3.47. The maximum Gasteiger partial charge on any atom is 0.122 e. The summed E-state index contributed by atoms with van der Waals surface area (Å²) in [6.07, 6.45) is 0.288. The van der Waals surface area contributed by atoms with Crippen LogP contribution in [0.3, 0.4) is 0 Å². The Balaban J connectivity index is 2.15. The summed E-state index contributed by atoms with van der Waals surface area (Å²) < 4.78 is 5.61. The van der Waals surface area contributed by atoms with E-state index in [-0.39, 0.29) is 6.17 Å². The summed E-state index contributed by atoms with van der Waals surface area (Å²) in [6.45, 7) is 9.13. The van der Waals surface area contributed by atoms with Gasteiger partial charge in [0.25, 0.3) is 0 Å². The maximum atomic E-state index is 5.61. The van der Waals surface area contributed by atoms with Gasteiger partial charge in [0.15, 0.2) is 0 Å². The molecule has 1 unspecified atom stereocenters. The highest BCUT2D eigenvalue weighted by atomic mass is 16.5. The molecule has 0 saturated carbocycles. The summed E-state index contributed by atoms with van der Waals surface area (Å²) in [5.41, 5.74) is 2.51. The first-order valence-electron chi connectivity index (χ1n) is 7.11. The highest BCUT2D eigenvalue weighted by Crippen LogP contribution is 2.25. The lowest BCUT2D eigenvalue weighted by atomic mass is 10.1. The lowest BCUT2D eigenvalue weighted by molar-refractivity contribution is 0.153. The summed E-state index contributed by atoms with van der Waals surface area (Å²) in [6, 6.07) is 6.48. The predicted molar refractivity (Wildman–Crippen MR) is 78.6 cm³/mol. The predicted octanol–water partition coefficient (Wildman–Crippen LogP) is 1.52. The van der Waals surface area contributed by atoms with Crippen molar-refractivity contribution in [2.24, 2.45) is 0 Å². The average Bonchev–Trinajstić information content (AvgIpc) is 2.44. The number of aryl methyl sites for hydroxylation is 1. The van der Waals surface area contributed by atoms with Gasteiger partial charge in [-0.2, -0.15) is 0 Å². The molecule has 2 N–H and O–H groups in total. The second-order valence-electron chi connectivity index (χ2n) is 4.94. The minimum atomic E-state index is 0.288. The van der Waals surface area contributed by atoms with Gasteiger partial charge >= 0.3 is 0 Å². The van der Waals surface area contributed by atoms with Gasteiger partial charge in [-0.3, -0.25) is 4.90 Å². The van der Waals surface area contributed by atoms with Crippen molar-refractivity contribution in [3.05, 3.63) is 29.3 Å². The van der Waals surface area contributed by atoms with Crippen molar-refractivity contribution in [3.8, 4) is 5.75 Å². The van der Waals surface area contributed by atoms with Gasteiger partial charge in [-0.1, -0.05) is 6.07 Å². The van der Waals surface area contributed by atoms with Crippen LogP contribution >= 0.6 is 0 Å². The highest BCUT2D eigenvalue weighted by molar-refractivity contribution is 5.37. The van der Waals surface area contributed by atoms with E-state index in [0.29, 0.717) is 6.61 Å². The van der Waals surface area contributed by atoms with Crippen LogP contribution in [0.15, 0.2) is 18.2 Å². The smallest absolute Gasteiger partial charge is 0.122 e. The summed E-state index contributed by atoms with van der Waals surface area (Å²) in [5.74, 6) is 0.987. The molecular weight excluding hydrogens is 238 g/mol. The number of benzene rings is 1. The first-order valence-corrected chi connectivity index (χ1v) is 7.11. The van der Waals surface area contributed by atoms with E-state index in [9.17, 15) is 0 Å².